The van der Waals surface area contributed by atoms with Crippen molar-refractivity contribution in [2.45, 2.75) is 39.7 Å². The van der Waals surface area contributed by atoms with Gasteiger partial charge in [-0.25, -0.2) is 9.78 Å². The number of nitrogens with zero attached hydrogens (tertiary/aromatic N) is 1. The highest BCUT2D eigenvalue weighted by Crippen LogP contribution is 2.32. The number of hydrogen-bond donors (Lipinski definition) is 1. The monoisotopic (exact) mass is 282 g/mol. The molecule has 0 aromatic carbocycles. The summed E-state index contributed by atoms with van der Waals surface area (Å²) in [6.07, 6.45) is 2.20. The maximum Gasteiger partial charge on any atom is 0.358 e. The molecule has 0 saturated heterocycles. The number of ketones is 1. The van der Waals surface area contributed by atoms with Gasteiger partial charge in [-0.15, -0.1) is 0 Å². The zero-order chi connectivity index (χ0) is 14.0. The van der Waals surface area contributed by atoms with Crippen LogP contribution in [0.15, 0.2) is 0 Å². The smallest absolute Gasteiger partial charge is 0.358 e. The van der Waals surface area contributed by atoms with Crippen molar-refractivity contribution in [3.63, 3.8) is 0 Å². The Labute approximate surface area is 116 Å². The molecule has 0 bridgehead atoms. The van der Waals surface area contributed by atoms with E-state index in [2.05, 4.69) is 17.2 Å². The Hall–Kier alpha value is -1.43. The number of esters is 1. The maximum absolute atomic E-state index is 11.7. The van der Waals surface area contributed by atoms with Gasteiger partial charge >= 0.3 is 5.97 Å². The highest BCUT2D eigenvalue weighted by molar-refractivity contribution is 7.17. The number of Topliss-reactive ketones (excluding diaryl/α,β-unsaturated/α-hetero) is 1. The van der Waals surface area contributed by atoms with Crippen molar-refractivity contribution in [2.75, 3.05) is 11.9 Å². The Morgan fingerprint density at radius 2 is 2.16 bits per heavy atom. The molecular weight excluding hydrogens is 264 g/mol. The molecule has 6 heteroatoms. The Kier molecular flexibility index (Phi) is 4.19. The molecule has 1 fully saturated rings. The lowest BCUT2D eigenvalue weighted by Crippen LogP contribution is -2.33. The number of rotatable bonds is 5. The van der Waals surface area contributed by atoms with Crippen LogP contribution in [0.5, 0.6) is 0 Å². The van der Waals surface area contributed by atoms with Crippen LogP contribution >= 0.6 is 11.3 Å². The molecule has 0 atom stereocenters. The average molecular weight is 282 g/mol. The van der Waals surface area contributed by atoms with Crippen molar-refractivity contribution in [3.8, 4) is 0 Å². The minimum absolute atomic E-state index is 0.134. The third kappa shape index (κ3) is 3.12. The fourth-order valence-corrected chi connectivity index (χ4v) is 3.08. The first-order valence-electron chi connectivity index (χ1n) is 6.46. The molecule has 104 valence electrons. The summed E-state index contributed by atoms with van der Waals surface area (Å²) in [7, 11) is 0. The summed E-state index contributed by atoms with van der Waals surface area (Å²) in [5.74, 6) is 0.0452. The molecular formula is C13H18N2O3S. The predicted molar refractivity (Wildman–Crippen MR) is 73.9 cm³/mol. The molecule has 0 amide bonds. The second-order valence-corrected chi connectivity index (χ2v) is 5.89. The van der Waals surface area contributed by atoms with Gasteiger partial charge in [0.25, 0.3) is 0 Å². The van der Waals surface area contributed by atoms with Crippen LogP contribution in [-0.2, 0) is 4.74 Å². The Morgan fingerprint density at radius 3 is 2.68 bits per heavy atom. The number of carbonyl (C=O) groups is 2. The summed E-state index contributed by atoms with van der Waals surface area (Å²) in [4.78, 5) is 27.9. The van der Waals surface area contributed by atoms with Crippen molar-refractivity contribution in [1.82, 2.24) is 4.98 Å². The van der Waals surface area contributed by atoms with Gasteiger partial charge in [-0.1, -0.05) is 18.3 Å². The van der Waals surface area contributed by atoms with E-state index in [1.54, 1.807) is 6.92 Å². The standard InChI is InChI=1S/C13H18N2O3S/c1-4-18-12(17)10-11(8(3)16)19-13(15-10)14-9-5-7(2)6-9/h7,9H,4-6H2,1-3H3,(H,14,15). The zero-order valence-corrected chi connectivity index (χ0v) is 12.2. The normalized spacial score (nSPS) is 21.6. The van der Waals surface area contributed by atoms with Crippen LogP contribution < -0.4 is 5.32 Å². The molecule has 0 spiro atoms. The van der Waals surface area contributed by atoms with E-state index in [0.717, 1.165) is 18.8 Å². The summed E-state index contributed by atoms with van der Waals surface area (Å²) in [6.45, 7) is 5.64. The van der Waals surface area contributed by atoms with Gasteiger partial charge in [-0.05, 0) is 25.7 Å². The van der Waals surface area contributed by atoms with Gasteiger partial charge in [0.15, 0.2) is 16.6 Å². The lowest BCUT2D eigenvalue weighted by molar-refractivity contribution is 0.0517. The number of hydrogen-bond acceptors (Lipinski definition) is 6. The summed E-state index contributed by atoms with van der Waals surface area (Å²) in [6, 6.07) is 0.399. The Balaban J connectivity index is 2.15. The largest absolute Gasteiger partial charge is 0.461 e. The van der Waals surface area contributed by atoms with Gasteiger partial charge in [0.1, 0.15) is 4.88 Å². The number of ether oxygens (including phenoxy) is 1. The van der Waals surface area contributed by atoms with Crippen LogP contribution in [0.25, 0.3) is 0 Å². The number of aromatic nitrogens is 1. The fraction of sp³-hybridized carbons (Fsp3) is 0.615. The van der Waals surface area contributed by atoms with Crippen LogP contribution in [0.4, 0.5) is 5.13 Å². The van der Waals surface area contributed by atoms with Gasteiger partial charge in [-0.3, -0.25) is 4.79 Å². The Morgan fingerprint density at radius 1 is 1.47 bits per heavy atom. The van der Waals surface area contributed by atoms with Crippen LogP contribution in [0.1, 0.15) is 53.8 Å². The van der Waals surface area contributed by atoms with Crippen molar-refractivity contribution < 1.29 is 14.3 Å². The van der Waals surface area contributed by atoms with Gasteiger partial charge in [-0.2, -0.15) is 0 Å². The van der Waals surface area contributed by atoms with Crippen molar-refractivity contribution in [3.05, 3.63) is 10.6 Å². The molecule has 1 heterocycles. The third-order valence-corrected chi connectivity index (χ3v) is 4.20. The highest BCUT2D eigenvalue weighted by Gasteiger charge is 2.28. The first-order chi connectivity index (χ1) is 9.01. The molecule has 19 heavy (non-hydrogen) atoms. The van der Waals surface area contributed by atoms with Crippen LogP contribution in [0.3, 0.4) is 0 Å². The minimum atomic E-state index is -0.529. The van der Waals surface area contributed by atoms with E-state index in [1.807, 2.05) is 0 Å². The second kappa shape index (κ2) is 5.69. The minimum Gasteiger partial charge on any atom is -0.461 e. The lowest BCUT2D eigenvalue weighted by atomic mass is 9.82. The summed E-state index contributed by atoms with van der Waals surface area (Å²) >= 11 is 1.23. The fourth-order valence-electron chi connectivity index (χ4n) is 2.15. The molecule has 2 rings (SSSR count). The molecule has 1 saturated carbocycles. The van der Waals surface area contributed by atoms with Crippen molar-refractivity contribution in [2.24, 2.45) is 5.92 Å². The topological polar surface area (TPSA) is 68.3 Å². The summed E-state index contributed by atoms with van der Waals surface area (Å²) in [5.41, 5.74) is 0.134. The number of carbonyl (C=O) groups excluding carboxylic acids is 2. The SMILES string of the molecule is CCOC(=O)c1nc(NC2CC(C)C2)sc1C(C)=O. The second-order valence-electron chi connectivity index (χ2n) is 4.89. The van der Waals surface area contributed by atoms with E-state index in [1.165, 1.54) is 18.3 Å². The van der Waals surface area contributed by atoms with Gasteiger partial charge in [0.2, 0.25) is 0 Å². The number of thiazole rings is 1. The molecule has 1 N–H and O–H groups in total. The molecule has 1 aromatic rings. The number of anilines is 1. The van der Waals surface area contributed by atoms with Crippen LogP contribution in [0.2, 0.25) is 0 Å². The van der Waals surface area contributed by atoms with E-state index < -0.39 is 5.97 Å². The molecule has 0 aliphatic heterocycles. The van der Waals surface area contributed by atoms with Gasteiger partial charge in [0.05, 0.1) is 6.61 Å². The molecule has 0 radical (unpaired) electrons. The molecule has 1 aliphatic carbocycles. The quantitative estimate of drug-likeness (QED) is 0.664. The summed E-state index contributed by atoms with van der Waals surface area (Å²) < 4.78 is 4.92. The molecule has 1 aromatic heterocycles. The lowest BCUT2D eigenvalue weighted by Gasteiger charge is -2.33. The van der Waals surface area contributed by atoms with E-state index in [9.17, 15) is 9.59 Å². The zero-order valence-electron chi connectivity index (χ0n) is 11.4. The third-order valence-electron chi connectivity index (χ3n) is 3.12. The van der Waals surface area contributed by atoms with Crippen molar-refractivity contribution in [1.29, 1.82) is 0 Å². The highest BCUT2D eigenvalue weighted by atomic mass is 32.1. The average Bonchev–Trinajstić information content (AvgIpc) is 2.71. The van der Waals surface area contributed by atoms with E-state index in [0.29, 0.717) is 16.1 Å². The van der Waals surface area contributed by atoms with Gasteiger partial charge in [0, 0.05) is 13.0 Å². The summed E-state index contributed by atoms with van der Waals surface area (Å²) in [5, 5.41) is 3.90. The maximum atomic E-state index is 11.7. The molecule has 0 unspecified atom stereocenters. The van der Waals surface area contributed by atoms with Crippen molar-refractivity contribution >= 4 is 28.2 Å². The van der Waals surface area contributed by atoms with Gasteiger partial charge < -0.3 is 10.1 Å². The van der Waals surface area contributed by atoms with E-state index in [4.69, 9.17) is 4.74 Å². The first-order valence-corrected chi connectivity index (χ1v) is 7.28. The van der Waals surface area contributed by atoms with Crippen LogP contribution in [-0.4, -0.2) is 29.4 Å². The van der Waals surface area contributed by atoms with Crippen LogP contribution in [0, 0.1) is 5.92 Å². The first kappa shape index (κ1) is 14.0. The van der Waals surface area contributed by atoms with E-state index >= 15 is 0 Å². The molecule has 1 aliphatic rings. The van der Waals surface area contributed by atoms with E-state index in [-0.39, 0.29) is 18.1 Å². The predicted octanol–water partition coefficient (Wildman–Crippen LogP) is 2.73. The molecule has 5 nitrogen and oxygen atoms in total. The Bertz CT molecular complexity index is 492. The number of nitrogens with one attached hydrogen (secondary N) is 1.